The number of esters is 1. The van der Waals surface area contributed by atoms with Gasteiger partial charge in [-0.3, -0.25) is 19.7 Å². The van der Waals surface area contributed by atoms with Gasteiger partial charge in [-0.05, 0) is 106 Å². The molecule has 0 saturated heterocycles. The molecule has 0 aromatic heterocycles. The van der Waals surface area contributed by atoms with E-state index < -0.39 is 57.3 Å². The van der Waals surface area contributed by atoms with Crippen LogP contribution in [0, 0.1) is 22.5 Å². The third-order valence-corrected chi connectivity index (χ3v) is 9.62. The number of imide groups is 1. The summed E-state index contributed by atoms with van der Waals surface area (Å²) in [5.74, 6) is -5.24. The van der Waals surface area contributed by atoms with Crippen LogP contribution >= 0.6 is 67.8 Å². The number of amides is 2. The third kappa shape index (κ3) is 7.55. The van der Waals surface area contributed by atoms with E-state index in [1.807, 2.05) is 73.8 Å². The maximum absolute atomic E-state index is 13.5. The molecule has 0 bridgehead atoms. The van der Waals surface area contributed by atoms with E-state index in [1.165, 1.54) is 0 Å². The number of hydrogen-bond donors (Lipinski definition) is 1. The molecule has 196 valence electrons. The highest BCUT2D eigenvalue weighted by Crippen LogP contribution is 2.39. The molecule has 1 aliphatic carbocycles. The first-order valence-corrected chi connectivity index (χ1v) is 14.1. The number of carbonyl (C=O) groups is 3. The minimum absolute atomic E-state index is 0.0766. The first-order valence-electron chi connectivity index (χ1n) is 9.46. The van der Waals surface area contributed by atoms with Crippen LogP contribution < -0.4 is 5.32 Å². The van der Waals surface area contributed by atoms with Gasteiger partial charge < -0.3 is 9.29 Å². The summed E-state index contributed by atoms with van der Waals surface area (Å²) >= 11 is 5.98. The van der Waals surface area contributed by atoms with Crippen LogP contribution in [0.2, 0.25) is 0 Å². The zero-order valence-electron chi connectivity index (χ0n) is 17.0. The molecule has 1 N–H and O–H groups in total. The lowest BCUT2D eigenvalue weighted by atomic mass is 9.81. The second kappa shape index (κ2) is 11.5. The quantitative estimate of drug-likeness (QED) is 0.114. The molecular weight excluding hydrogens is 850 g/mol. The highest BCUT2D eigenvalue weighted by atomic mass is 127. The molecule has 1 fully saturated rings. The monoisotopic (exact) mass is 864 g/mol. The van der Waals surface area contributed by atoms with Gasteiger partial charge in [0.1, 0.15) is 0 Å². The van der Waals surface area contributed by atoms with Crippen molar-refractivity contribution in [3.8, 4) is 0 Å². The van der Waals surface area contributed by atoms with Gasteiger partial charge in [-0.2, -0.15) is 22.0 Å². The van der Waals surface area contributed by atoms with Gasteiger partial charge in [0.25, 0.3) is 12.0 Å². The number of benzene rings is 1. The smallest absolute Gasteiger partial charge is 0.432 e. The first kappa shape index (κ1) is 30.8. The van der Waals surface area contributed by atoms with Crippen molar-refractivity contribution in [2.75, 3.05) is 0 Å². The fourth-order valence-corrected chi connectivity index (χ4v) is 6.11. The summed E-state index contributed by atoms with van der Waals surface area (Å²) in [6.45, 7) is 0. The summed E-state index contributed by atoms with van der Waals surface area (Å²) in [5, 5.41) is -3.69. The third-order valence-electron chi connectivity index (χ3n) is 5.08. The average molecular weight is 864 g/mol. The lowest BCUT2D eigenvalue weighted by molar-refractivity contribution is -0.261. The Morgan fingerprint density at radius 3 is 2.00 bits per heavy atom. The molecule has 1 aromatic rings. The van der Waals surface area contributed by atoms with E-state index in [0.717, 1.165) is 7.14 Å². The number of halogens is 8. The van der Waals surface area contributed by atoms with E-state index in [4.69, 9.17) is 0 Å². The normalized spacial score (nSPS) is 20.1. The largest absolute Gasteiger partial charge is 0.743 e. The van der Waals surface area contributed by atoms with Gasteiger partial charge in [0.15, 0.2) is 10.1 Å². The van der Waals surface area contributed by atoms with Crippen molar-refractivity contribution in [2.24, 2.45) is 11.8 Å². The molecule has 17 heteroatoms. The number of ether oxygens (including phenoxy) is 1. The van der Waals surface area contributed by atoms with Crippen molar-refractivity contribution in [1.82, 2.24) is 5.32 Å². The average Bonchev–Trinajstić information content (AvgIpc) is 2.72. The standard InChI is InChI=1S/C18H15F5I3NO7S/c19-17(20,21)16(18(22,23)35(31,32)33)34-15(30)8-3-1-7(2-4-8)13(28)27-14(29)10-5-9(24)6-11(25)12(10)26/h5-8,16H,1-4H2,(H,27,28,29)(H,31,32,33)/p-1. The van der Waals surface area contributed by atoms with Crippen LogP contribution in [0.15, 0.2) is 12.1 Å². The van der Waals surface area contributed by atoms with E-state index in [0.29, 0.717) is 3.57 Å². The minimum atomic E-state index is -6.79. The lowest BCUT2D eigenvalue weighted by Crippen LogP contribution is -2.53. The molecule has 0 radical (unpaired) electrons. The van der Waals surface area contributed by atoms with Gasteiger partial charge >= 0.3 is 17.4 Å². The van der Waals surface area contributed by atoms with E-state index >= 15 is 0 Å². The Labute approximate surface area is 236 Å². The van der Waals surface area contributed by atoms with E-state index in [2.05, 4.69) is 10.1 Å². The molecule has 1 aromatic carbocycles. The summed E-state index contributed by atoms with van der Waals surface area (Å²) in [5.41, 5.74) is 0.264. The predicted molar refractivity (Wildman–Crippen MR) is 133 cm³/mol. The van der Waals surface area contributed by atoms with Crippen LogP contribution in [0.4, 0.5) is 22.0 Å². The van der Waals surface area contributed by atoms with Gasteiger partial charge in [0.05, 0.1) is 11.5 Å². The molecule has 0 spiro atoms. The maximum atomic E-state index is 13.5. The van der Waals surface area contributed by atoms with Gasteiger partial charge in [-0.25, -0.2) is 8.42 Å². The van der Waals surface area contributed by atoms with E-state index in [-0.39, 0.29) is 31.2 Å². The predicted octanol–water partition coefficient (Wildman–Crippen LogP) is 4.18. The Balaban J connectivity index is 2.02. The molecule has 1 aliphatic rings. The van der Waals surface area contributed by atoms with Crippen LogP contribution in [0.3, 0.4) is 0 Å². The van der Waals surface area contributed by atoms with Gasteiger partial charge in [-0.15, -0.1) is 0 Å². The Kier molecular flexibility index (Phi) is 10.2. The molecule has 35 heavy (non-hydrogen) atoms. The van der Waals surface area contributed by atoms with Crippen molar-refractivity contribution in [3.63, 3.8) is 0 Å². The summed E-state index contributed by atoms with van der Waals surface area (Å²) in [6.07, 6.45) is -11.1. The molecule has 1 saturated carbocycles. The zero-order valence-corrected chi connectivity index (χ0v) is 24.3. The Bertz CT molecular complexity index is 1120. The van der Waals surface area contributed by atoms with Crippen molar-refractivity contribution in [1.29, 1.82) is 0 Å². The first-order chi connectivity index (χ1) is 15.9. The summed E-state index contributed by atoms with van der Waals surface area (Å²) in [6, 6.07) is 3.41. The number of nitrogens with one attached hydrogen (secondary N) is 1. The second-order valence-electron chi connectivity index (χ2n) is 7.49. The Hall–Kier alpha value is -0.420. The van der Waals surface area contributed by atoms with Crippen molar-refractivity contribution >= 4 is 95.7 Å². The highest BCUT2D eigenvalue weighted by Gasteiger charge is 2.63. The van der Waals surface area contributed by atoms with Gasteiger partial charge in [0.2, 0.25) is 5.91 Å². The van der Waals surface area contributed by atoms with E-state index in [1.54, 1.807) is 6.07 Å². The van der Waals surface area contributed by atoms with Gasteiger partial charge in [0, 0.05) is 16.6 Å². The molecular formula is C18H14F5I3NO7S-. The van der Waals surface area contributed by atoms with E-state index in [9.17, 15) is 49.3 Å². The summed E-state index contributed by atoms with van der Waals surface area (Å²) in [7, 11) is -6.79. The lowest BCUT2D eigenvalue weighted by Gasteiger charge is -2.32. The van der Waals surface area contributed by atoms with Crippen molar-refractivity contribution in [2.45, 2.75) is 43.2 Å². The molecule has 8 nitrogen and oxygen atoms in total. The van der Waals surface area contributed by atoms with Gasteiger partial charge in [-0.1, -0.05) is 0 Å². The number of rotatable bonds is 6. The summed E-state index contributed by atoms with van der Waals surface area (Å²) in [4.78, 5) is 37.1. The fourth-order valence-electron chi connectivity index (χ4n) is 3.26. The van der Waals surface area contributed by atoms with Crippen LogP contribution in [-0.2, 0) is 24.4 Å². The SMILES string of the molecule is O=C(NC(=O)C1CCC(C(=O)OC(C(F)(F)F)C(F)(F)S(=O)(=O)[O-])CC1)c1cc(I)cc(I)c1I. The molecule has 0 aliphatic heterocycles. The zero-order chi connectivity index (χ0) is 26.9. The molecule has 1 unspecified atom stereocenters. The number of carbonyl (C=O) groups excluding carboxylic acids is 3. The second-order valence-corrected chi connectivity index (χ2v) is 12.4. The topological polar surface area (TPSA) is 130 Å². The van der Waals surface area contributed by atoms with Crippen molar-refractivity contribution < 1.29 is 54.0 Å². The maximum Gasteiger partial charge on any atom is 0.432 e. The molecule has 0 heterocycles. The van der Waals surface area contributed by atoms with Crippen LogP contribution in [0.1, 0.15) is 36.0 Å². The fraction of sp³-hybridized carbons (Fsp3) is 0.500. The van der Waals surface area contributed by atoms with Crippen molar-refractivity contribution in [3.05, 3.63) is 28.4 Å². The molecule has 2 rings (SSSR count). The number of hydrogen-bond acceptors (Lipinski definition) is 7. The van der Waals surface area contributed by atoms with Crippen LogP contribution in [0.5, 0.6) is 0 Å². The molecule has 1 atom stereocenters. The minimum Gasteiger partial charge on any atom is -0.743 e. The van der Waals surface area contributed by atoms with Crippen LogP contribution in [0.25, 0.3) is 0 Å². The Morgan fingerprint density at radius 1 is 1.00 bits per heavy atom. The Morgan fingerprint density at radius 2 is 1.51 bits per heavy atom. The summed E-state index contributed by atoms with van der Waals surface area (Å²) < 4.78 is 104. The molecule has 2 amide bonds. The number of alkyl halides is 5. The highest BCUT2D eigenvalue weighted by molar-refractivity contribution is 14.1. The van der Waals surface area contributed by atoms with Crippen LogP contribution in [-0.4, -0.2) is 48.3 Å².